The van der Waals surface area contributed by atoms with Crippen LogP contribution in [0.2, 0.25) is 0 Å². The van der Waals surface area contributed by atoms with Crippen LogP contribution in [0.1, 0.15) is 37.7 Å². The zero-order valence-corrected chi connectivity index (χ0v) is 16.0. The van der Waals surface area contributed by atoms with E-state index in [1.54, 1.807) is 0 Å². The highest BCUT2D eigenvalue weighted by Gasteiger charge is 2.34. The molecule has 4 N–H and O–H groups in total. The van der Waals surface area contributed by atoms with Crippen molar-refractivity contribution in [1.29, 1.82) is 0 Å². The second-order valence-corrected chi connectivity index (χ2v) is 5.94. The van der Waals surface area contributed by atoms with Crippen molar-refractivity contribution in [3.05, 3.63) is 35.9 Å². The summed E-state index contributed by atoms with van der Waals surface area (Å²) in [7, 11) is 0. The van der Waals surface area contributed by atoms with Crippen molar-refractivity contribution in [3.8, 4) is 0 Å². The SMILES string of the molecule is CCNC(=NCC1(O)CCC1)NCC(CO)c1ccccc1.I. The van der Waals surface area contributed by atoms with E-state index in [1.165, 1.54) is 0 Å². The lowest BCUT2D eigenvalue weighted by Gasteiger charge is -2.35. The van der Waals surface area contributed by atoms with Gasteiger partial charge in [-0.05, 0) is 31.7 Å². The van der Waals surface area contributed by atoms with Crippen LogP contribution in [0.5, 0.6) is 0 Å². The highest BCUT2D eigenvalue weighted by atomic mass is 127. The zero-order chi connectivity index (χ0) is 15.8. The number of aliphatic hydroxyl groups is 2. The molecule has 0 radical (unpaired) electrons. The number of nitrogens with one attached hydrogen (secondary N) is 2. The molecule has 0 heterocycles. The van der Waals surface area contributed by atoms with Crippen molar-refractivity contribution < 1.29 is 10.2 Å². The molecule has 1 fully saturated rings. The largest absolute Gasteiger partial charge is 0.396 e. The second-order valence-electron chi connectivity index (χ2n) is 5.94. The van der Waals surface area contributed by atoms with Crippen LogP contribution in [0.4, 0.5) is 0 Å². The number of halogens is 1. The lowest BCUT2D eigenvalue weighted by Crippen LogP contribution is -2.44. The Hall–Kier alpha value is -0.860. The van der Waals surface area contributed by atoms with Crippen LogP contribution in [-0.2, 0) is 0 Å². The van der Waals surface area contributed by atoms with Gasteiger partial charge in [-0.3, -0.25) is 4.99 Å². The van der Waals surface area contributed by atoms with Crippen LogP contribution in [0.25, 0.3) is 0 Å². The van der Waals surface area contributed by atoms with Crippen LogP contribution >= 0.6 is 24.0 Å². The van der Waals surface area contributed by atoms with E-state index in [4.69, 9.17) is 0 Å². The van der Waals surface area contributed by atoms with Crippen LogP contribution in [0.3, 0.4) is 0 Å². The highest BCUT2D eigenvalue weighted by molar-refractivity contribution is 14.0. The van der Waals surface area contributed by atoms with Crippen molar-refractivity contribution in [3.63, 3.8) is 0 Å². The molecular weight excluding hydrogens is 405 g/mol. The Labute approximate surface area is 155 Å². The molecule has 1 aromatic rings. The Balaban J connectivity index is 0.00000264. The fraction of sp³-hybridized carbons (Fsp3) is 0.588. The molecule has 1 aliphatic rings. The molecule has 1 saturated carbocycles. The monoisotopic (exact) mass is 433 g/mol. The van der Waals surface area contributed by atoms with Gasteiger partial charge in [-0.25, -0.2) is 0 Å². The summed E-state index contributed by atoms with van der Waals surface area (Å²) in [5.74, 6) is 0.717. The molecule has 5 nitrogen and oxygen atoms in total. The smallest absolute Gasteiger partial charge is 0.191 e. The van der Waals surface area contributed by atoms with E-state index < -0.39 is 5.60 Å². The number of guanidine groups is 1. The van der Waals surface area contributed by atoms with Gasteiger partial charge in [0.05, 0.1) is 18.8 Å². The van der Waals surface area contributed by atoms with E-state index >= 15 is 0 Å². The second kappa shape index (κ2) is 10.1. The minimum Gasteiger partial charge on any atom is -0.396 e. The predicted octanol–water partition coefficient (Wildman–Crippen LogP) is 1.85. The Kier molecular flexibility index (Phi) is 8.86. The summed E-state index contributed by atoms with van der Waals surface area (Å²) in [6.45, 7) is 3.89. The molecular formula is C17H28IN3O2. The summed E-state index contributed by atoms with van der Waals surface area (Å²) in [5.41, 5.74) is 0.490. The van der Waals surface area contributed by atoms with E-state index in [-0.39, 0.29) is 36.5 Å². The van der Waals surface area contributed by atoms with Gasteiger partial charge in [0.2, 0.25) is 0 Å². The number of rotatable bonds is 7. The summed E-state index contributed by atoms with van der Waals surface area (Å²) >= 11 is 0. The van der Waals surface area contributed by atoms with E-state index in [0.29, 0.717) is 19.0 Å². The zero-order valence-electron chi connectivity index (χ0n) is 13.7. The first kappa shape index (κ1) is 20.2. The first-order valence-electron chi connectivity index (χ1n) is 8.07. The summed E-state index contributed by atoms with van der Waals surface area (Å²) in [4.78, 5) is 4.47. The van der Waals surface area contributed by atoms with Crippen molar-refractivity contribution >= 4 is 29.9 Å². The Bertz CT molecular complexity index is 478. The molecule has 0 bridgehead atoms. The number of hydrogen-bond donors (Lipinski definition) is 4. The molecule has 0 spiro atoms. The van der Waals surface area contributed by atoms with Crippen LogP contribution in [-0.4, -0.2) is 48.0 Å². The quantitative estimate of drug-likeness (QED) is 0.301. The molecule has 1 aromatic carbocycles. The normalized spacial score (nSPS) is 17.6. The predicted molar refractivity (Wildman–Crippen MR) is 104 cm³/mol. The highest BCUT2D eigenvalue weighted by Crippen LogP contribution is 2.31. The molecule has 1 unspecified atom stereocenters. The minimum absolute atomic E-state index is 0. The van der Waals surface area contributed by atoms with Gasteiger partial charge in [-0.15, -0.1) is 24.0 Å². The third kappa shape index (κ3) is 6.27. The molecule has 0 aromatic heterocycles. The standard InChI is InChI=1S/C17H27N3O2.HI/c1-2-18-16(20-13-17(22)9-6-10-17)19-11-15(12-21)14-7-4-3-5-8-14;/h3-5,7-8,15,21-22H,2,6,9-13H2,1H3,(H2,18,19,20);1H. The molecule has 6 heteroatoms. The molecule has 0 amide bonds. The number of aliphatic imine (C=N–C) groups is 1. The molecule has 0 saturated heterocycles. The third-order valence-corrected chi connectivity index (χ3v) is 4.17. The summed E-state index contributed by atoms with van der Waals surface area (Å²) < 4.78 is 0. The third-order valence-electron chi connectivity index (χ3n) is 4.17. The van der Waals surface area contributed by atoms with Crippen molar-refractivity contribution in [1.82, 2.24) is 10.6 Å². The number of benzene rings is 1. The van der Waals surface area contributed by atoms with Crippen molar-refractivity contribution in [2.24, 2.45) is 4.99 Å². The van der Waals surface area contributed by atoms with Gasteiger partial charge in [-0.1, -0.05) is 30.3 Å². The maximum atomic E-state index is 10.1. The molecule has 1 aliphatic carbocycles. The van der Waals surface area contributed by atoms with Crippen LogP contribution in [0.15, 0.2) is 35.3 Å². The number of aliphatic hydroxyl groups excluding tert-OH is 1. The van der Waals surface area contributed by atoms with Gasteiger partial charge < -0.3 is 20.8 Å². The Morgan fingerprint density at radius 1 is 1.26 bits per heavy atom. The van der Waals surface area contributed by atoms with Gasteiger partial charge in [-0.2, -0.15) is 0 Å². The van der Waals surface area contributed by atoms with E-state index in [2.05, 4.69) is 15.6 Å². The van der Waals surface area contributed by atoms with Gasteiger partial charge >= 0.3 is 0 Å². The van der Waals surface area contributed by atoms with Gasteiger partial charge in [0.25, 0.3) is 0 Å². The van der Waals surface area contributed by atoms with E-state index in [1.807, 2.05) is 37.3 Å². The van der Waals surface area contributed by atoms with Crippen LogP contribution in [0, 0.1) is 0 Å². The van der Waals surface area contributed by atoms with Crippen molar-refractivity contribution in [2.75, 3.05) is 26.2 Å². The number of nitrogens with zero attached hydrogens (tertiary/aromatic N) is 1. The summed E-state index contributed by atoms with van der Waals surface area (Å²) in [6, 6.07) is 9.95. The summed E-state index contributed by atoms with van der Waals surface area (Å²) in [5, 5.41) is 26.2. The number of hydrogen-bond acceptors (Lipinski definition) is 3. The van der Waals surface area contributed by atoms with Gasteiger partial charge in [0.1, 0.15) is 0 Å². The first-order valence-corrected chi connectivity index (χ1v) is 8.07. The maximum Gasteiger partial charge on any atom is 0.191 e. The molecule has 1 atom stereocenters. The fourth-order valence-corrected chi connectivity index (χ4v) is 2.54. The van der Waals surface area contributed by atoms with Crippen molar-refractivity contribution in [2.45, 2.75) is 37.7 Å². The first-order chi connectivity index (χ1) is 10.7. The van der Waals surface area contributed by atoms with Gasteiger partial charge in [0, 0.05) is 19.0 Å². The average Bonchev–Trinajstić information content (AvgIpc) is 2.52. The fourth-order valence-electron chi connectivity index (χ4n) is 2.54. The lowest BCUT2D eigenvalue weighted by molar-refractivity contribution is -0.0236. The molecule has 130 valence electrons. The average molecular weight is 433 g/mol. The molecule has 0 aliphatic heterocycles. The Morgan fingerprint density at radius 2 is 1.96 bits per heavy atom. The van der Waals surface area contributed by atoms with Crippen LogP contribution < -0.4 is 10.6 Å². The van der Waals surface area contributed by atoms with Gasteiger partial charge in [0.15, 0.2) is 5.96 Å². The molecule has 2 rings (SSSR count). The van der Waals surface area contributed by atoms with E-state index in [0.717, 1.165) is 31.4 Å². The topological polar surface area (TPSA) is 76.9 Å². The maximum absolute atomic E-state index is 10.1. The lowest BCUT2D eigenvalue weighted by atomic mass is 9.80. The Morgan fingerprint density at radius 3 is 2.48 bits per heavy atom. The molecule has 23 heavy (non-hydrogen) atoms. The summed E-state index contributed by atoms with van der Waals surface area (Å²) in [6.07, 6.45) is 2.74. The van der Waals surface area contributed by atoms with E-state index in [9.17, 15) is 10.2 Å². The minimum atomic E-state index is -0.613.